The maximum atomic E-state index is 13.2. The highest BCUT2D eigenvalue weighted by Gasteiger charge is 2.67. The molecule has 3 aliphatic heterocycles. The molecule has 1 spiro atoms. The first-order valence-corrected chi connectivity index (χ1v) is 9.27. The summed E-state index contributed by atoms with van der Waals surface area (Å²) < 4.78 is 13.1. The smallest absolute Gasteiger partial charge is 0.230 e. The van der Waals surface area contributed by atoms with Crippen LogP contribution in [-0.4, -0.2) is 81.9 Å². The zero-order valence-electron chi connectivity index (χ0n) is 15.9. The molecule has 2 amide bonds. The molecule has 2 saturated heterocycles. The van der Waals surface area contributed by atoms with Gasteiger partial charge in [-0.15, -0.1) is 10.2 Å². The number of ether oxygens (including phenoxy) is 2. The third kappa shape index (κ3) is 2.76. The van der Waals surface area contributed by atoms with E-state index in [1.807, 2.05) is 23.6 Å². The van der Waals surface area contributed by atoms with Crippen molar-refractivity contribution < 1.29 is 19.1 Å². The van der Waals surface area contributed by atoms with Gasteiger partial charge in [0.15, 0.2) is 5.82 Å². The maximum Gasteiger partial charge on any atom is 0.230 e. The van der Waals surface area contributed by atoms with Gasteiger partial charge in [0.1, 0.15) is 11.9 Å². The standard InChI is InChI=1S/C18H25N5O4/c1-4-22-11-19-20-13(22)9-21(2)16(24)14-12-5-6-18(27-12)10-23(7-8-26-3)17(25)15(14)18/h5-6,11-12,14-15H,4,7-10H2,1-3H3/t12-,14+,15-,18-/m0/s1. The van der Waals surface area contributed by atoms with Crippen molar-refractivity contribution in [2.24, 2.45) is 11.8 Å². The molecule has 9 heteroatoms. The second-order valence-corrected chi connectivity index (χ2v) is 7.38. The average Bonchev–Trinajstić information content (AvgIpc) is 3.40. The summed E-state index contributed by atoms with van der Waals surface area (Å²) in [4.78, 5) is 29.6. The molecule has 4 heterocycles. The number of amides is 2. The van der Waals surface area contributed by atoms with Gasteiger partial charge in [0, 0.05) is 27.2 Å². The van der Waals surface area contributed by atoms with Gasteiger partial charge in [-0.05, 0) is 6.92 Å². The molecule has 0 N–H and O–H groups in total. The van der Waals surface area contributed by atoms with Gasteiger partial charge in [-0.25, -0.2) is 0 Å². The van der Waals surface area contributed by atoms with Crippen molar-refractivity contribution >= 4 is 11.8 Å². The van der Waals surface area contributed by atoms with Gasteiger partial charge in [-0.2, -0.15) is 0 Å². The van der Waals surface area contributed by atoms with Crippen molar-refractivity contribution in [3.8, 4) is 0 Å². The number of carbonyl (C=O) groups is 2. The van der Waals surface area contributed by atoms with Crippen molar-refractivity contribution in [1.82, 2.24) is 24.6 Å². The monoisotopic (exact) mass is 375 g/mol. The minimum absolute atomic E-state index is 0.0256. The number of hydrogen-bond acceptors (Lipinski definition) is 6. The highest BCUT2D eigenvalue weighted by molar-refractivity contribution is 5.92. The fourth-order valence-electron chi connectivity index (χ4n) is 4.46. The Labute approximate surface area is 157 Å². The lowest BCUT2D eigenvalue weighted by Crippen LogP contribution is -2.44. The van der Waals surface area contributed by atoms with Crippen LogP contribution in [0.1, 0.15) is 12.7 Å². The predicted molar refractivity (Wildman–Crippen MR) is 94.4 cm³/mol. The third-order valence-corrected chi connectivity index (χ3v) is 5.82. The summed E-state index contributed by atoms with van der Waals surface area (Å²) >= 11 is 0. The molecule has 0 aromatic carbocycles. The Balaban J connectivity index is 1.52. The fourth-order valence-corrected chi connectivity index (χ4v) is 4.46. The van der Waals surface area contributed by atoms with Crippen LogP contribution >= 0.6 is 0 Å². The van der Waals surface area contributed by atoms with E-state index in [0.717, 1.165) is 12.4 Å². The Morgan fingerprint density at radius 1 is 1.52 bits per heavy atom. The molecule has 0 aliphatic carbocycles. The van der Waals surface area contributed by atoms with Crippen LogP contribution in [0.5, 0.6) is 0 Å². The lowest BCUT2D eigenvalue weighted by atomic mass is 9.76. The minimum atomic E-state index is -0.680. The molecule has 4 atom stereocenters. The molecule has 0 saturated carbocycles. The van der Waals surface area contributed by atoms with Crippen molar-refractivity contribution in [2.45, 2.75) is 31.7 Å². The molecular formula is C18H25N5O4. The van der Waals surface area contributed by atoms with E-state index >= 15 is 0 Å². The van der Waals surface area contributed by atoms with Crippen molar-refractivity contribution in [3.63, 3.8) is 0 Å². The summed E-state index contributed by atoms with van der Waals surface area (Å²) in [5.74, 6) is -0.366. The van der Waals surface area contributed by atoms with E-state index in [2.05, 4.69) is 10.2 Å². The molecule has 1 aromatic rings. The molecular weight excluding hydrogens is 350 g/mol. The molecule has 146 valence electrons. The highest BCUT2D eigenvalue weighted by atomic mass is 16.5. The first-order chi connectivity index (χ1) is 13.0. The number of carbonyl (C=O) groups excluding carboxylic acids is 2. The van der Waals surface area contributed by atoms with Gasteiger partial charge in [-0.1, -0.05) is 12.2 Å². The Morgan fingerprint density at radius 2 is 2.33 bits per heavy atom. The van der Waals surface area contributed by atoms with E-state index in [1.165, 1.54) is 0 Å². The molecule has 4 rings (SSSR count). The summed E-state index contributed by atoms with van der Waals surface area (Å²) in [6, 6.07) is 0. The maximum absolute atomic E-state index is 13.2. The molecule has 9 nitrogen and oxygen atoms in total. The summed E-state index contributed by atoms with van der Waals surface area (Å²) in [5, 5.41) is 8.00. The summed E-state index contributed by atoms with van der Waals surface area (Å²) in [6.45, 7) is 4.53. The largest absolute Gasteiger partial charge is 0.383 e. The van der Waals surface area contributed by atoms with E-state index in [0.29, 0.717) is 26.2 Å². The van der Waals surface area contributed by atoms with E-state index in [9.17, 15) is 9.59 Å². The molecule has 27 heavy (non-hydrogen) atoms. The average molecular weight is 375 g/mol. The molecule has 1 aromatic heterocycles. The van der Waals surface area contributed by atoms with Gasteiger partial charge in [0.25, 0.3) is 0 Å². The zero-order valence-corrected chi connectivity index (χ0v) is 15.9. The van der Waals surface area contributed by atoms with E-state index in [-0.39, 0.29) is 17.9 Å². The second-order valence-electron chi connectivity index (χ2n) is 7.38. The van der Waals surface area contributed by atoms with Crippen LogP contribution in [0.15, 0.2) is 18.5 Å². The topological polar surface area (TPSA) is 89.8 Å². The van der Waals surface area contributed by atoms with Crippen LogP contribution in [0, 0.1) is 11.8 Å². The Bertz CT molecular complexity index is 778. The lowest BCUT2D eigenvalue weighted by Gasteiger charge is -2.27. The number of fused-ring (bicyclic) bond motifs is 1. The van der Waals surface area contributed by atoms with E-state index < -0.39 is 17.4 Å². The first-order valence-electron chi connectivity index (χ1n) is 9.27. The third-order valence-electron chi connectivity index (χ3n) is 5.82. The van der Waals surface area contributed by atoms with E-state index in [4.69, 9.17) is 9.47 Å². The van der Waals surface area contributed by atoms with Gasteiger partial charge >= 0.3 is 0 Å². The van der Waals surface area contributed by atoms with Crippen molar-refractivity contribution in [2.75, 3.05) is 33.9 Å². The number of hydrogen-bond donors (Lipinski definition) is 0. The van der Waals surface area contributed by atoms with Crippen molar-refractivity contribution in [3.05, 3.63) is 24.3 Å². The number of aryl methyl sites for hydroxylation is 1. The summed E-state index contributed by atoms with van der Waals surface area (Å²) in [5.41, 5.74) is -0.680. The van der Waals surface area contributed by atoms with E-state index in [1.54, 1.807) is 30.3 Å². The highest BCUT2D eigenvalue weighted by Crippen LogP contribution is 2.52. The normalized spacial score (nSPS) is 31.0. The number of methoxy groups -OCH3 is 1. The Morgan fingerprint density at radius 3 is 3.07 bits per heavy atom. The molecule has 0 radical (unpaired) electrons. The number of nitrogens with zero attached hydrogens (tertiary/aromatic N) is 5. The lowest BCUT2D eigenvalue weighted by molar-refractivity contribution is -0.143. The van der Waals surface area contributed by atoms with Crippen molar-refractivity contribution in [1.29, 1.82) is 0 Å². The predicted octanol–water partition coefficient (Wildman–Crippen LogP) is -0.315. The fraction of sp³-hybridized carbons (Fsp3) is 0.667. The minimum Gasteiger partial charge on any atom is -0.383 e. The Kier molecular flexibility index (Phi) is 4.51. The SMILES string of the molecule is CCn1cnnc1CN(C)C(=O)[C@@H]1[C@@H]2C=C[C@@]3(CN(CCOC)C(=O)[C@H]13)O2. The number of likely N-dealkylation sites (tertiary alicyclic amines) is 1. The van der Waals surface area contributed by atoms with Crippen LogP contribution in [0.2, 0.25) is 0 Å². The summed E-state index contributed by atoms with van der Waals surface area (Å²) in [6.07, 6.45) is 5.20. The zero-order chi connectivity index (χ0) is 19.2. The van der Waals surface area contributed by atoms with Gasteiger partial charge in [-0.3, -0.25) is 9.59 Å². The van der Waals surface area contributed by atoms with Crippen LogP contribution in [0.4, 0.5) is 0 Å². The first kappa shape index (κ1) is 18.1. The molecule has 3 aliphatic rings. The quantitative estimate of drug-likeness (QED) is 0.607. The number of aromatic nitrogens is 3. The summed E-state index contributed by atoms with van der Waals surface area (Å²) in [7, 11) is 3.35. The van der Waals surface area contributed by atoms with Gasteiger partial charge in [0.05, 0.1) is 37.6 Å². The van der Waals surface area contributed by atoms with Crippen LogP contribution in [-0.2, 0) is 32.2 Å². The second kappa shape index (κ2) is 6.72. The van der Waals surface area contributed by atoms with Crippen LogP contribution in [0.25, 0.3) is 0 Å². The van der Waals surface area contributed by atoms with Crippen LogP contribution in [0.3, 0.4) is 0 Å². The Hall–Kier alpha value is -2.26. The molecule has 2 bridgehead atoms. The van der Waals surface area contributed by atoms with Crippen LogP contribution < -0.4 is 0 Å². The number of rotatable bonds is 7. The molecule has 0 unspecified atom stereocenters. The van der Waals surface area contributed by atoms with Gasteiger partial charge in [0.2, 0.25) is 11.8 Å². The molecule has 2 fully saturated rings. The van der Waals surface area contributed by atoms with Gasteiger partial charge < -0.3 is 23.8 Å².